The normalized spacial score (nSPS) is 10.4. The fourth-order valence-corrected chi connectivity index (χ4v) is 1.87. The molecule has 2 aromatic rings. The van der Waals surface area contributed by atoms with Gasteiger partial charge in [0, 0.05) is 12.6 Å². The van der Waals surface area contributed by atoms with Crippen LogP contribution in [0.2, 0.25) is 0 Å². The first kappa shape index (κ1) is 14.9. The number of nitrogens with one attached hydrogen (secondary N) is 1. The number of hydrogen-bond acceptors (Lipinski definition) is 4. The van der Waals surface area contributed by atoms with E-state index in [0.29, 0.717) is 18.7 Å². The van der Waals surface area contributed by atoms with Crippen LogP contribution in [0.4, 0.5) is 4.39 Å². The van der Waals surface area contributed by atoms with Gasteiger partial charge in [-0.25, -0.2) is 14.2 Å². The SMILES string of the molecule is CCOC(=O)c1cnc(CCc2cccc(F)c2)[nH]c1=O. The van der Waals surface area contributed by atoms with Crippen LogP contribution >= 0.6 is 0 Å². The summed E-state index contributed by atoms with van der Waals surface area (Å²) in [5.74, 6) is -0.549. The van der Waals surface area contributed by atoms with E-state index < -0.39 is 11.5 Å². The van der Waals surface area contributed by atoms with Gasteiger partial charge in [0.05, 0.1) is 6.61 Å². The van der Waals surface area contributed by atoms with E-state index in [0.717, 1.165) is 5.56 Å². The van der Waals surface area contributed by atoms with Crippen LogP contribution in [-0.4, -0.2) is 22.5 Å². The van der Waals surface area contributed by atoms with E-state index in [-0.39, 0.29) is 18.0 Å². The van der Waals surface area contributed by atoms with Crippen molar-refractivity contribution in [2.45, 2.75) is 19.8 Å². The number of H-pyrrole nitrogens is 1. The topological polar surface area (TPSA) is 72.0 Å². The molecule has 0 radical (unpaired) electrons. The van der Waals surface area contributed by atoms with Crippen LogP contribution in [0.15, 0.2) is 35.3 Å². The molecule has 2 rings (SSSR count). The molecule has 0 saturated heterocycles. The maximum Gasteiger partial charge on any atom is 0.345 e. The summed E-state index contributed by atoms with van der Waals surface area (Å²) in [5, 5.41) is 0. The van der Waals surface area contributed by atoms with Gasteiger partial charge in [-0.1, -0.05) is 12.1 Å². The molecule has 0 atom stereocenters. The lowest BCUT2D eigenvalue weighted by Gasteiger charge is -2.04. The highest BCUT2D eigenvalue weighted by atomic mass is 19.1. The molecule has 6 heteroatoms. The minimum Gasteiger partial charge on any atom is -0.462 e. The minimum atomic E-state index is -0.692. The number of nitrogens with zero attached hydrogens (tertiary/aromatic N) is 1. The number of aromatic amines is 1. The average Bonchev–Trinajstić information content (AvgIpc) is 2.45. The largest absolute Gasteiger partial charge is 0.462 e. The van der Waals surface area contributed by atoms with Crippen LogP contribution in [0.5, 0.6) is 0 Å². The predicted octanol–water partition coefficient (Wildman–Crippen LogP) is 1.87. The molecule has 0 unspecified atom stereocenters. The van der Waals surface area contributed by atoms with Crippen molar-refractivity contribution in [1.29, 1.82) is 0 Å². The number of benzene rings is 1. The summed E-state index contributed by atoms with van der Waals surface area (Å²) in [5.41, 5.74) is 0.163. The predicted molar refractivity (Wildman–Crippen MR) is 74.6 cm³/mol. The molecule has 0 saturated carbocycles. The van der Waals surface area contributed by atoms with Crippen molar-refractivity contribution < 1.29 is 13.9 Å². The van der Waals surface area contributed by atoms with Crippen molar-refractivity contribution in [2.75, 3.05) is 6.61 Å². The molecule has 0 aliphatic rings. The van der Waals surface area contributed by atoms with Gasteiger partial charge in [0.2, 0.25) is 0 Å². The molecule has 5 nitrogen and oxygen atoms in total. The number of ether oxygens (including phenoxy) is 1. The Hall–Kier alpha value is -2.50. The van der Waals surface area contributed by atoms with Gasteiger partial charge in [0.1, 0.15) is 17.2 Å². The first-order chi connectivity index (χ1) is 10.1. The van der Waals surface area contributed by atoms with Crippen LogP contribution in [0.1, 0.15) is 28.7 Å². The Labute approximate surface area is 120 Å². The maximum atomic E-state index is 13.0. The van der Waals surface area contributed by atoms with Crippen LogP contribution in [0.25, 0.3) is 0 Å². The Morgan fingerprint density at radius 3 is 2.86 bits per heavy atom. The molecule has 0 aliphatic heterocycles. The Morgan fingerprint density at radius 2 is 2.19 bits per heavy atom. The minimum absolute atomic E-state index is 0.119. The summed E-state index contributed by atoms with van der Waals surface area (Å²) < 4.78 is 17.8. The molecule has 1 aromatic carbocycles. The third-order valence-corrected chi connectivity index (χ3v) is 2.89. The van der Waals surface area contributed by atoms with Gasteiger partial charge in [0.15, 0.2) is 0 Å². The molecule has 1 N–H and O–H groups in total. The highest BCUT2D eigenvalue weighted by Crippen LogP contribution is 2.06. The molecule has 0 amide bonds. The van der Waals surface area contributed by atoms with Gasteiger partial charge in [-0.3, -0.25) is 4.79 Å². The number of rotatable bonds is 5. The Morgan fingerprint density at radius 1 is 1.38 bits per heavy atom. The van der Waals surface area contributed by atoms with E-state index in [1.165, 1.54) is 18.3 Å². The number of carbonyl (C=O) groups is 1. The first-order valence-corrected chi connectivity index (χ1v) is 6.60. The summed E-state index contributed by atoms with van der Waals surface area (Å²) in [6.07, 6.45) is 2.19. The van der Waals surface area contributed by atoms with Crippen molar-refractivity contribution in [1.82, 2.24) is 9.97 Å². The number of hydrogen-bond donors (Lipinski definition) is 1. The van der Waals surface area contributed by atoms with Crippen molar-refractivity contribution >= 4 is 5.97 Å². The lowest BCUT2D eigenvalue weighted by molar-refractivity contribution is 0.0523. The van der Waals surface area contributed by atoms with Gasteiger partial charge in [-0.2, -0.15) is 0 Å². The van der Waals surface area contributed by atoms with E-state index in [4.69, 9.17) is 4.74 Å². The second kappa shape index (κ2) is 6.78. The fraction of sp³-hybridized carbons (Fsp3) is 0.267. The zero-order valence-corrected chi connectivity index (χ0v) is 11.6. The Kier molecular flexibility index (Phi) is 4.81. The van der Waals surface area contributed by atoms with Gasteiger partial charge < -0.3 is 9.72 Å². The smallest absolute Gasteiger partial charge is 0.345 e. The third kappa shape index (κ3) is 3.98. The van der Waals surface area contributed by atoms with Crippen LogP contribution in [0, 0.1) is 5.82 Å². The highest BCUT2D eigenvalue weighted by molar-refractivity contribution is 5.88. The van der Waals surface area contributed by atoms with E-state index in [1.807, 2.05) is 0 Å². The van der Waals surface area contributed by atoms with Crippen molar-refractivity contribution in [3.63, 3.8) is 0 Å². The molecule has 1 heterocycles. The molecule has 21 heavy (non-hydrogen) atoms. The monoisotopic (exact) mass is 290 g/mol. The first-order valence-electron chi connectivity index (χ1n) is 6.60. The molecular weight excluding hydrogens is 275 g/mol. The van der Waals surface area contributed by atoms with Crippen LogP contribution < -0.4 is 5.56 Å². The van der Waals surface area contributed by atoms with Gasteiger partial charge in [-0.05, 0) is 31.0 Å². The molecule has 0 aliphatic carbocycles. The van der Waals surface area contributed by atoms with E-state index in [2.05, 4.69) is 9.97 Å². The average molecular weight is 290 g/mol. The summed E-state index contributed by atoms with van der Waals surface area (Å²) in [6.45, 7) is 1.85. The van der Waals surface area contributed by atoms with Crippen LogP contribution in [0.3, 0.4) is 0 Å². The molecular formula is C15H15FN2O3. The van der Waals surface area contributed by atoms with Crippen molar-refractivity contribution in [2.24, 2.45) is 0 Å². The summed E-state index contributed by atoms with van der Waals surface area (Å²) in [4.78, 5) is 29.8. The zero-order chi connectivity index (χ0) is 15.2. The molecule has 0 spiro atoms. The molecule has 0 bridgehead atoms. The maximum absolute atomic E-state index is 13.0. The summed E-state index contributed by atoms with van der Waals surface area (Å²) >= 11 is 0. The second-order valence-electron chi connectivity index (χ2n) is 4.42. The van der Waals surface area contributed by atoms with E-state index in [9.17, 15) is 14.0 Å². The van der Waals surface area contributed by atoms with Crippen LogP contribution in [-0.2, 0) is 17.6 Å². The van der Waals surface area contributed by atoms with Gasteiger partial charge in [0.25, 0.3) is 5.56 Å². The number of aromatic nitrogens is 2. The second-order valence-corrected chi connectivity index (χ2v) is 4.42. The number of esters is 1. The summed E-state index contributed by atoms with van der Waals surface area (Å²) in [7, 11) is 0. The van der Waals surface area contributed by atoms with Crippen molar-refractivity contribution in [3.05, 3.63) is 63.6 Å². The standard InChI is InChI=1S/C15H15FN2O3/c1-2-21-15(20)12-9-17-13(18-14(12)19)7-6-10-4-3-5-11(16)8-10/h3-5,8-9H,2,6-7H2,1H3,(H,17,18,19). The fourth-order valence-electron chi connectivity index (χ4n) is 1.87. The summed E-state index contributed by atoms with van der Waals surface area (Å²) in [6, 6.07) is 6.24. The molecule has 0 fully saturated rings. The Bertz CT molecular complexity index is 697. The number of aryl methyl sites for hydroxylation is 2. The number of halogens is 1. The quantitative estimate of drug-likeness (QED) is 0.853. The lowest BCUT2D eigenvalue weighted by Crippen LogP contribution is -2.22. The highest BCUT2D eigenvalue weighted by Gasteiger charge is 2.12. The lowest BCUT2D eigenvalue weighted by atomic mass is 10.1. The van der Waals surface area contributed by atoms with Crippen molar-refractivity contribution in [3.8, 4) is 0 Å². The Balaban J connectivity index is 2.07. The third-order valence-electron chi connectivity index (χ3n) is 2.89. The molecule has 1 aromatic heterocycles. The number of carbonyl (C=O) groups excluding carboxylic acids is 1. The van der Waals surface area contributed by atoms with E-state index >= 15 is 0 Å². The zero-order valence-electron chi connectivity index (χ0n) is 11.6. The van der Waals surface area contributed by atoms with Gasteiger partial charge in [-0.15, -0.1) is 0 Å². The van der Waals surface area contributed by atoms with Gasteiger partial charge >= 0.3 is 5.97 Å². The van der Waals surface area contributed by atoms with E-state index in [1.54, 1.807) is 19.1 Å². The molecule has 110 valence electrons.